The summed E-state index contributed by atoms with van der Waals surface area (Å²) in [5.74, 6) is 1.13. The van der Waals surface area contributed by atoms with Gasteiger partial charge in [0.2, 0.25) is 5.91 Å². The molecule has 1 saturated carbocycles. The maximum Gasteiger partial charge on any atom is 0.223 e. The molecule has 1 aromatic carbocycles. The number of nitrogens with one attached hydrogen (secondary N) is 2. The van der Waals surface area contributed by atoms with Gasteiger partial charge in [-0.1, -0.05) is 50.1 Å². The van der Waals surface area contributed by atoms with Crippen molar-refractivity contribution in [3.05, 3.63) is 35.9 Å². The van der Waals surface area contributed by atoms with Crippen LogP contribution in [0.2, 0.25) is 0 Å². The molecule has 1 amide bonds. The molecule has 0 aliphatic heterocycles. The molecule has 0 bridgehead atoms. The van der Waals surface area contributed by atoms with Crippen molar-refractivity contribution >= 4 is 5.91 Å². The molecule has 0 heterocycles. The highest BCUT2D eigenvalue weighted by atomic mass is 16.1. The van der Waals surface area contributed by atoms with Crippen LogP contribution in [0.3, 0.4) is 0 Å². The second-order valence-corrected chi connectivity index (χ2v) is 5.97. The van der Waals surface area contributed by atoms with E-state index < -0.39 is 0 Å². The first-order chi connectivity index (χ1) is 9.70. The van der Waals surface area contributed by atoms with Gasteiger partial charge in [-0.25, -0.2) is 0 Å². The molecule has 3 heteroatoms. The Labute approximate surface area is 122 Å². The largest absolute Gasteiger partial charge is 0.354 e. The van der Waals surface area contributed by atoms with Gasteiger partial charge in [0.15, 0.2) is 0 Å². The lowest BCUT2D eigenvalue weighted by molar-refractivity contribution is -0.126. The zero-order valence-electron chi connectivity index (χ0n) is 12.6. The predicted molar refractivity (Wildman–Crippen MR) is 82.4 cm³/mol. The van der Waals surface area contributed by atoms with Crippen molar-refractivity contribution in [1.29, 1.82) is 0 Å². The molecule has 2 N–H and O–H groups in total. The zero-order valence-corrected chi connectivity index (χ0v) is 12.6. The van der Waals surface area contributed by atoms with E-state index in [1.807, 2.05) is 25.2 Å². The van der Waals surface area contributed by atoms with E-state index in [0.29, 0.717) is 12.5 Å². The number of carbonyl (C=O) groups excluding carboxylic acids is 1. The number of likely N-dealkylation sites (N-methyl/N-ethyl adjacent to an activating group) is 1. The zero-order chi connectivity index (χ0) is 14.4. The molecule has 20 heavy (non-hydrogen) atoms. The third-order valence-electron chi connectivity index (χ3n) is 4.34. The first-order valence-electron chi connectivity index (χ1n) is 7.70. The van der Waals surface area contributed by atoms with E-state index in [1.54, 1.807) is 0 Å². The predicted octanol–water partition coefficient (Wildman–Crippen LogP) is 2.89. The lowest BCUT2D eigenvalue weighted by Gasteiger charge is -2.26. The Morgan fingerprint density at radius 1 is 1.30 bits per heavy atom. The van der Waals surface area contributed by atoms with E-state index in [9.17, 15) is 4.79 Å². The average Bonchev–Trinajstić information content (AvgIpc) is 2.49. The summed E-state index contributed by atoms with van der Waals surface area (Å²) in [5, 5.41) is 6.39. The topological polar surface area (TPSA) is 41.1 Å². The van der Waals surface area contributed by atoms with Crippen LogP contribution in [-0.2, 0) is 4.79 Å². The van der Waals surface area contributed by atoms with Gasteiger partial charge in [-0.3, -0.25) is 4.79 Å². The number of hydrogen-bond acceptors (Lipinski definition) is 2. The Balaban J connectivity index is 1.85. The molecule has 110 valence electrons. The fourth-order valence-electron chi connectivity index (χ4n) is 3.09. The van der Waals surface area contributed by atoms with Crippen molar-refractivity contribution in [2.24, 2.45) is 11.8 Å². The summed E-state index contributed by atoms with van der Waals surface area (Å²) in [4.78, 5) is 12.3. The van der Waals surface area contributed by atoms with Gasteiger partial charge in [0.1, 0.15) is 0 Å². The summed E-state index contributed by atoms with van der Waals surface area (Å²) in [6.45, 7) is 2.91. The maximum absolute atomic E-state index is 12.3. The molecular formula is C17H26N2O. The number of rotatable bonds is 5. The van der Waals surface area contributed by atoms with Gasteiger partial charge in [0.25, 0.3) is 0 Å². The van der Waals surface area contributed by atoms with E-state index >= 15 is 0 Å². The van der Waals surface area contributed by atoms with E-state index in [-0.39, 0.29) is 17.9 Å². The van der Waals surface area contributed by atoms with Crippen LogP contribution in [0.4, 0.5) is 0 Å². The van der Waals surface area contributed by atoms with Gasteiger partial charge < -0.3 is 10.6 Å². The molecular weight excluding hydrogens is 248 g/mol. The van der Waals surface area contributed by atoms with Crippen molar-refractivity contribution in [2.75, 3.05) is 13.6 Å². The lowest BCUT2D eigenvalue weighted by atomic mass is 9.82. The highest BCUT2D eigenvalue weighted by molar-refractivity contribution is 5.78. The van der Waals surface area contributed by atoms with Gasteiger partial charge in [-0.05, 0) is 31.4 Å². The molecule has 0 radical (unpaired) electrons. The van der Waals surface area contributed by atoms with E-state index in [4.69, 9.17) is 0 Å². The molecule has 1 aliphatic carbocycles. The smallest absolute Gasteiger partial charge is 0.223 e. The van der Waals surface area contributed by atoms with Crippen LogP contribution in [-0.4, -0.2) is 19.5 Å². The van der Waals surface area contributed by atoms with Crippen LogP contribution < -0.4 is 10.6 Å². The van der Waals surface area contributed by atoms with Crippen molar-refractivity contribution < 1.29 is 4.79 Å². The van der Waals surface area contributed by atoms with E-state index in [1.165, 1.54) is 18.4 Å². The second-order valence-electron chi connectivity index (χ2n) is 5.97. The summed E-state index contributed by atoms with van der Waals surface area (Å²) >= 11 is 0. The van der Waals surface area contributed by atoms with Gasteiger partial charge in [-0.2, -0.15) is 0 Å². The average molecular weight is 274 g/mol. The van der Waals surface area contributed by atoms with Gasteiger partial charge >= 0.3 is 0 Å². The summed E-state index contributed by atoms with van der Waals surface area (Å²) in [6.07, 6.45) is 4.55. The number of carbonyl (C=O) groups is 1. The Morgan fingerprint density at radius 2 is 2.05 bits per heavy atom. The minimum Gasteiger partial charge on any atom is -0.354 e. The van der Waals surface area contributed by atoms with Crippen molar-refractivity contribution in [2.45, 2.75) is 38.6 Å². The quantitative estimate of drug-likeness (QED) is 0.867. The Bertz CT molecular complexity index is 418. The minimum absolute atomic E-state index is 0.182. The molecule has 3 unspecified atom stereocenters. The number of benzene rings is 1. The second kappa shape index (κ2) is 7.44. The normalized spacial score (nSPS) is 24.1. The first kappa shape index (κ1) is 15.0. The third-order valence-corrected chi connectivity index (χ3v) is 4.34. The summed E-state index contributed by atoms with van der Waals surface area (Å²) in [5.41, 5.74) is 1.22. The maximum atomic E-state index is 12.3. The molecule has 0 aromatic heterocycles. The highest BCUT2D eigenvalue weighted by Gasteiger charge is 2.25. The summed E-state index contributed by atoms with van der Waals surface area (Å²) in [7, 11) is 1.94. The molecule has 3 nitrogen and oxygen atoms in total. The molecule has 1 fully saturated rings. The number of hydrogen-bond donors (Lipinski definition) is 2. The Morgan fingerprint density at radius 3 is 2.70 bits per heavy atom. The van der Waals surface area contributed by atoms with Crippen LogP contribution in [0, 0.1) is 11.8 Å². The molecule has 1 aliphatic rings. The monoisotopic (exact) mass is 274 g/mol. The highest BCUT2D eigenvalue weighted by Crippen LogP contribution is 2.28. The molecule has 1 aromatic rings. The van der Waals surface area contributed by atoms with Crippen LogP contribution in [0.25, 0.3) is 0 Å². The minimum atomic E-state index is 0.182. The SMILES string of the molecule is CNC(CNC(=O)C1CCCC(C)C1)c1ccccc1. The van der Waals surface area contributed by atoms with Crippen LogP contribution in [0.5, 0.6) is 0 Å². The summed E-state index contributed by atoms with van der Waals surface area (Å²) in [6, 6.07) is 10.4. The fraction of sp³-hybridized carbons (Fsp3) is 0.588. The third kappa shape index (κ3) is 4.07. The molecule has 0 saturated heterocycles. The fourth-order valence-corrected chi connectivity index (χ4v) is 3.09. The van der Waals surface area contributed by atoms with Crippen LogP contribution in [0.15, 0.2) is 30.3 Å². The van der Waals surface area contributed by atoms with Crippen molar-refractivity contribution in [3.63, 3.8) is 0 Å². The van der Waals surface area contributed by atoms with Crippen molar-refractivity contribution in [1.82, 2.24) is 10.6 Å². The van der Waals surface area contributed by atoms with Crippen LogP contribution in [0.1, 0.15) is 44.2 Å². The molecule has 3 atom stereocenters. The summed E-state index contributed by atoms with van der Waals surface area (Å²) < 4.78 is 0. The number of amides is 1. The Kier molecular flexibility index (Phi) is 5.60. The van der Waals surface area contributed by atoms with E-state index in [2.05, 4.69) is 29.7 Å². The van der Waals surface area contributed by atoms with Crippen molar-refractivity contribution in [3.8, 4) is 0 Å². The van der Waals surface area contributed by atoms with Gasteiger partial charge in [-0.15, -0.1) is 0 Å². The van der Waals surface area contributed by atoms with Gasteiger partial charge in [0.05, 0.1) is 0 Å². The molecule has 0 spiro atoms. The Hall–Kier alpha value is -1.35. The molecule has 2 rings (SSSR count). The lowest BCUT2D eigenvalue weighted by Crippen LogP contribution is -2.38. The first-order valence-corrected chi connectivity index (χ1v) is 7.70. The van der Waals surface area contributed by atoms with Gasteiger partial charge in [0, 0.05) is 18.5 Å². The van der Waals surface area contributed by atoms with Crippen LogP contribution >= 0.6 is 0 Å². The van der Waals surface area contributed by atoms with E-state index in [0.717, 1.165) is 12.8 Å². The standard InChI is InChI=1S/C17H26N2O/c1-13-7-6-10-15(11-13)17(20)19-12-16(18-2)14-8-4-3-5-9-14/h3-5,8-9,13,15-16,18H,6-7,10-12H2,1-2H3,(H,19,20).